The lowest BCUT2D eigenvalue weighted by Gasteiger charge is -2.44. The molecular formula is C6H18B3Cl6N3Si3. The molecule has 1 saturated heterocycles. The standard InChI is InChI=1S/C6H18B3Cl6N3Si3/c1-19(10,11)4-9-17(5-20(2,12)13)7-16-8-18(9)6-21(3,14)15/h7-8,16H,4-6H2,1-3H3. The maximum absolute atomic E-state index is 6.36. The number of halogens is 6. The Hall–Kier alpha value is 2.47. The molecule has 0 aromatic heterocycles. The van der Waals surface area contributed by atoms with Gasteiger partial charge >= 0.3 is 0 Å². The first-order valence-electron chi connectivity index (χ1n) is 6.59. The van der Waals surface area contributed by atoms with E-state index in [0.717, 1.165) is 0 Å². The summed E-state index contributed by atoms with van der Waals surface area (Å²) in [5, 5.41) is 3.34. The first kappa shape index (κ1) is 21.5. The normalized spacial score (nSPS) is 19.4. The van der Waals surface area contributed by atoms with Crippen LogP contribution in [-0.4, -0.2) is 63.9 Å². The van der Waals surface area contributed by atoms with Crippen LogP contribution >= 0.6 is 66.5 Å². The Morgan fingerprint density at radius 2 is 1.19 bits per heavy atom. The third-order valence-corrected chi connectivity index (χ3v) is 8.34. The molecule has 0 radical (unpaired) electrons. The van der Waals surface area contributed by atoms with Gasteiger partial charge in [-0.25, -0.2) is 0 Å². The van der Waals surface area contributed by atoms with Gasteiger partial charge < -0.3 is 14.6 Å². The van der Waals surface area contributed by atoms with E-state index in [2.05, 4.69) is 14.6 Å². The lowest BCUT2D eigenvalue weighted by Crippen LogP contribution is -2.70. The second-order valence-electron chi connectivity index (χ2n) is 5.96. The Labute approximate surface area is 160 Å². The van der Waals surface area contributed by atoms with E-state index in [1.165, 1.54) is 0 Å². The molecule has 0 atom stereocenters. The van der Waals surface area contributed by atoms with Crippen molar-refractivity contribution >= 4 is 109 Å². The second-order valence-corrected chi connectivity index (χ2v) is 30.2. The van der Waals surface area contributed by atoms with Gasteiger partial charge in [-0.3, -0.25) is 0 Å². The number of nitrogens with zero attached hydrogens (tertiary/aromatic N) is 2. The minimum absolute atomic E-state index is 0.0755. The van der Waals surface area contributed by atoms with Crippen molar-refractivity contribution in [3.8, 4) is 0 Å². The molecule has 1 rings (SSSR count). The summed E-state index contributed by atoms with van der Waals surface area (Å²) in [6.07, 6.45) is 1.29. The van der Waals surface area contributed by atoms with Crippen LogP contribution in [0, 0.1) is 0 Å². The fourth-order valence-corrected chi connectivity index (χ4v) is 8.29. The Kier molecular flexibility index (Phi) is 8.43. The summed E-state index contributed by atoms with van der Waals surface area (Å²) >= 11 is 37.9. The summed E-state index contributed by atoms with van der Waals surface area (Å²) in [6.45, 7) is -1.02. The van der Waals surface area contributed by atoms with Crippen molar-refractivity contribution < 1.29 is 0 Å². The fourth-order valence-electron chi connectivity index (χ4n) is 2.39. The molecule has 3 nitrogen and oxygen atoms in total. The largest absolute Gasteiger partial charge is 0.377 e. The summed E-state index contributed by atoms with van der Waals surface area (Å²) in [5.41, 5.74) is 0. The minimum atomic E-state index is -2.29. The zero-order valence-electron chi connectivity index (χ0n) is 12.3. The molecule has 0 aromatic rings. The number of nitrogens with one attached hydrogen (secondary N) is 1. The molecule has 0 aromatic carbocycles. The molecule has 1 aliphatic rings. The summed E-state index contributed by atoms with van der Waals surface area (Å²) in [4.78, 5) is 0. The Morgan fingerprint density at radius 3 is 1.48 bits per heavy atom. The van der Waals surface area contributed by atoms with Gasteiger partial charge in [-0.15, -0.1) is 66.5 Å². The van der Waals surface area contributed by atoms with Gasteiger partial charge in [-0.2, -0.15) is 0 Å². The smallest absolute Gasteiger partial charge is 0.288 e. The third kappa shape index (κ3) is 9.50. The zero-order chi connectivity index (χ0) is 16.5. The molecule has 0 saturated carbocycles. The maximum Gasteiger partial charge on any atom is 0.288 e. The summed E-state index contributed by atoms with van der Waals surface area (Å²) < 4.78 is 4.42. The van der Waals surface area contributed by atoms with Crippen LogP contribution in [-0.2, 0) is 0 Å². The average Bonchev–Trinajstić information content (AvgIpc) is 2.16. The van der Waals surface area contributed by atoms with E-state index in [-0.39, 0.29) is 6.98 Å². The van der Waals surface area contributed by atoms with Crippen molar-refractivity contribution in [1.29, 1.82) is 0 Å². The van der Waals surface area contributed by atoms with E-state index in [4.69, 9.17) is 66.5 Å². The second kappa shape index (κ2) is 8.23. The third-order valence-electron chi connectivity index (χ3n) is 2.98. The molecule has 15 heteroatoms. The highest BCUT2D eigenvalue weighted by Crippen LogP contribution is 2.27. The average molecular weight is 462 g/mol. The quantitative estimate of drug-likeness (QED) is 0.484. The predicted octanol–water partition coefficient (Wildman–Crippen LogP) is 2.48. The minimum Gasteiger partial charge on any atom is -0.377 e. The van der Waals surface area contributed by atoms with Gasteiger partial charge in [0.25, 0.3) is 35.5 Å². The van der Waals surface area contributed by atoms with Crippen molar-refractivity contribution in [2.24, 2.45) is 0 Å². The highest BCUT2D eigenvalue weighted by molar-refractivity contribution is 7.47. The van der Waals surface area contributed by atoms with Crippen molar-refractivity contribution in [2.45, 2.75) is 25.6 Å². The van der Waals surface area contributed by atoms with Gasteiger partial charge in [0.05, 0.1) is 0 Å². The molecule has 0 aliphatic carbocycles. The molecular weight excluding hydrogens is 443 g/mol. The molecule has 21 heavy (non-hydrogen) atoms. The van der Waals surface area contributed by atoms with Gasteiger partial charge in [-0.05, 0) is 25.6 Å². The lowest BCUT2D eigenvalue weighted by atomic mass is 9.62. The van der Waals surface area contributed by atoms with Crippen LogP contribution in [0.1, 0.15) is 0 Å². The Balaban J connectivity index is 2.90. The molecule has 1 aliphatic heterocycles. The molecule has 0 amide bonds. The van der Waals surface area contributed by atoms with E-state index in [9.17, 15) is 0 Å². The van der Waals surface area contributed by atoms with E-state index in [1.54, 1.807) is 0 Å². The molecule has 1 N–H and O–H groups in total. The van der Waals surface area contributed by atoms with E-state index < -0.39 is 20.1 Å². The van der Waals surface area contributed by atoms with Gasteiger partial charge in [0, 0.05) is 12.3 Å². The van der Waals surface area contributed by atoms with Crippen LogP contribution in [0.3, 0.4) is 0 Å². The highest BCUT2D eigenvalue weighted by Gasteiger charge is 2.44. The molecule has 1 fully saturated rings. The maximum atomic E-state index is 6.36. The summed E-state index contributed by atoms with van der Waals surface area (Å²) in [5.74, 6) is 0.703. The van der Waals surface area contributed by atoms with Crippen LogP contribution in [0.15, 0.2) is 0 Å². The molecule has 1 heterocycles. The van der Waals surface area contributed by atoms with Crippen LogP contribution in [0.2, 0.25) is 25.6 Å². The van der Waals surface area contributed by atoms with Gasteiger partial charge in [0.15, 0.2) is 0 Å². The van der Waals surface area contributed by atoms with Gasteiger partial charge in [0.2, 0.25) is 6.69 Å². The molecule has 0 bridgehead atoms. The number of hydrogen-bond donors (Lipinski definition) is 1. The van der Waals surface area contributed by atoms with Crippen LogP contribution in [0.4, 0.5) is 0 Å². The summed E-state index contributed by atoms with van der Waals surface area (Å²) in [7, 11) is 1.43. The van der Waals surface area contributed by atoms with Crippen molar-refractivity contribution in [3.63, 3.8) is 0 Å². The molecule has 120 valence electrons. The lowest BCUT2D eigenvalue weighted by molar-refractivity contribution is 0.619. The number of rotatable bonds is 6. The van der Waals surface area contributed by atoms with Crippen LogP contribution in [0.5, 0.6) is 0 Å². The zero-order valence-corrected chi connectivity index (χ0v) is 19.8. The van der Waals surface area contributed by atoms with E-state index >= 15 is 0 Å². The number of hydrogen-bond acceptors (Lipinski definition) is 3. The van der Waals surface area contributed by atoms with Crippen LogP contribution in [0.25, 0.3) is 0 Å². The fraction of sp³-hybridized carbons (Fsp3) is 1.00. The first-order valence-corrected chi connectivity index (χ1v) is 20.8. The van der Waals surface area contributed by atoms with Crippen molar-refractivity contribution in [2.75, 3.05) is 12.3 Å². The first-order chi connectivity index (χ1) is 9.27. The molecule has 0 spiro atoms. The summed E-state index contributed by atoms with van der Waals surface area (Å²) in [6, 6.07) is 0. The van der Waals surface area contributed by atoms with E-state index in [0.29, 0.717) is 33.4 Å². The van der Waals surface area contributed by atoms with Gasteiger partial charge in [0.1, 0.15) is 0 Å². The SMILES string of the molecule is C[Si](Cl)(Cl)CB1N(C[Si](C)(Cl)Cl)BNBN1C[Si](C)(Cl)Cl. The van der Waals surface area contributed by atoms with Crippen molar-refractivity contribution in [3.05, 3.63) is 0 Å². The topological polar surface area (TPSA) is 18.5 Å². The van der Waals surface area contributed by atoms with Crippen molar-refractivity contribution in [1.82, 2.24) is 14.6 Å². The molecule has 0 unspecified atom stereocenters. The highest BCUT2D eigenvalue weighted by atomic mass is 35.7. The van der Waals surface area contributed by atoms with Gasteiger partial charge in [-0.1, -0.05) is 0 Å². The van der Waals surface area contributed by atoms with E-state index in [1.807, 2.05) is 19.6 Å². The Morgan fingerprint density at radius 1 is 0.810 bits per heavy atom. The van der Waals surface area contributed by atoms with Crippen LogP contribution < -0.4 is 5.14 Å². The Bertz CT molecular complexity index is 327. The monoisotopic (exact) mass is 459 g/mol. The predicted molar refractivity (Wildman–Crippen MR) is 111 cm³/mol.